The number of hydrogen-bond acceptors (Lipinski definition) is 2. The topological polar surface area (TPSA) is 53.6 Å². The first-order valence-electron chi connectivity index (χ1n) is 9.04. The molecule has 2 rings (SSSR count). The molecular weight excluding hydrogens is 454 g/mol. The fourth-order valence-electron chi connectivity index (χ4n) is 2.91. The van der Waals surface area contributed by atoms with E-state index in [1.54, 1.807) is 0 Å². The van der Waals surface area contributed by atoms with Gasteiger partial charge in [-0.05, 0) is 49.7 Å². The summed E-state index contributed by atoms with van der Waals surface area (Å²) in [5, 5.41) is 3.23. The summed E-state index contributed by atoms with van der Waals surface area (Å²) in [5.41, 5.74) is 11.0. The Bertz CT molecular complexity index is 753. The second-order valence-corrected chi connectivity index (χ2v) is 6.65. The monoisotopic (exact) mass is 484 g/mol. The van der Waals surface area contributed by atoms with Crippen molar-refractivity contribution < 1.29 is 4.39 Å². The maximum absolute atomic E-state index is 14.2. The molecule has 0 aromatic heterocycles. The third kappa shape index (κ3) is 6.77. The van der Waals surface area contributed by atoms with Gasteiger partial charge in [-0.3, -0.25) is 0 Å². The molecule has 0 saturated carbocycles. The predicted molar refractivity (Wildman–Crippen MR) is 123 cm³/mol. The van der Waals surface area contributed by atoms with E-state index in [9.17, 15) is 4.39 Å². The lowest BCUT2D eigenvalue weighted by Crippen LogP contribution is -2.24. The summed E-state index contributed by atoms with van der Waals surface area (Å²) in [6.45, 7) is 5.15. The van der Waals surface area contributed by atoms with Gasteiger partial charge in [0.15, 0.2) is 5.96 Å². The van der Waals surface area contributed by atoms with Crippen molar-refractivity contribution in [1.29, 1.82) is 0 Å². The molecule has 0 saturated heterocycles. The Hall–Kier alpha value is -1.67. The molecular formula is C21H30FIN4. The number of nitrogens with one attached hydrogen (secondary N) is 1. The van der Waals surface area contributed by atoms with Crippen molar-refractivity contribution in [2.75, 3.05) is 19.4 Å². The van der Waals surface area contributed by atoms with Gasteiger partial charge in [-0.25, -0.2) is 9.38 Å². The number of anilines is 1. The van der Waals surface area contributed by atoms with Crippen LogP contribution < -0.4 is 11.1 Å². The molecule has 27 heavy (non-hydrogen) atoms. The average Bonchev–Trinajstić information content (AvgIpc) is 2.61. The van der Waals surface area contributed by atoms with Crippen LogP contribution in [0.15, 0.2) is 41.4 Å². The summed E-state index contributed by atoms with van der Waals surface area (Å²) in [6.07, 6.45) is 1.84. The highest BCUT2D eigenvalue weighted by atomic mass is 127. The van der Waals surface area contributed by atoms with Crippen molar-refractivity contribution >= 4 is 35.6 Å². The molecule has 0 aliphatic heterocycles. The number of benzene rings is 2. The van der Waals surface area contributed by atoms with Gasteiger partial charge in [-0.15, -0.1) is 24.0 Å². The molecule has 2 aromatic rings. The van der Waals surface area contributed by atoms with Crippen LogP contribution in [0.1, 0.15) is 36.1 Å². The van der Waals surface area contributed by atoms with Crippen LogP contribution in [0.3, 0.4) is 0 Å². The van der Waals surface area contributed by atoms with Crippen LogP contribution in [0.5, 0.6) is 0 Å². The predicted octanol–water partition coefficient (Wildman–Crippen LogP) is 4.56. The first kappa shape index (κ1) is 23.4. The number of nitrogens with two attached hydrogens (primary N) is 1. The minimum Gasteiger partial charge on any atom is -0.370 e. The quantitative estimate of drug-likeness (QED) is 0.344. The fourth-order valence-corrected chi connectivity index (χ4v) is 2.91. The highest BCUT2D eigenvalue weighted by Crippen LogP contribution is 2.22. The Morgan fingerprint density at radius 2 is 1.70 bits per heavy atom. The lowest BCUT2D eigenvalue weighted by atomic mass is 10.0. The van der Waals surface area contributed by atoms with E-state index in [1.807, 2.05) is 31.1 Å². The number of rotatable bonds is 7. The van der Waals surface area contributed by atoms with Gasteiger partial charge >= 0.3 is 0 Å². The standard InChI is InChI=1S/C21H29FN4.HI/c1-5-16-8-7-9-17(6-2)20(16)25-21(23)24-13-15-10-11-18(14-26(3)4)19(22)12-15;/h7-12H,5-6,13-14H2,1-4H3,(H3,23,24,25);1H. The van der Waals surface area contributed by atoms with Crippen LogP contribution in [-0.2, 0) is 25.9 Å². The molecule has 0 unspecified atom stereocenters. The first-order valence-corrected chi connectivity index (χ1v) is 9.04. The van der Waals surface area contributed by atoms with E-state index >= 15 is 0 Å². The summed E-state index contributed by atoms with van der Waals surface area (Å²) < 4.78 is 14.2. The molecule has 0 atom stereocenters. The van der Waals surface area contributed by atoms with Crippen LogP contribution in [-0.4, -0.2) is 25.0 Å². The van der Waals surface area contributed by atoms with Crippen molar-refractivity contribution in [3.63, 3.8) is 0 Å². The van der Waals surface area contributed by atoms with E-state index in [-0.39, 0.29) is 29.8 Å². The summed E-state index contributed by atoms with van der Waals surface area (Å²) >= 11 is 0. The molecule has 3 N–H and O–H groups in total. The molecule has 2 aromatic carbocycles. The Kier molecular flexibility index (Phi) is 9.73. The van der Waals surface area contributed by atoms with E-state index < -0.39 is 0 Å². The normalized spacial score (nSPS) is 11.4. The number of nitrogens with zero attached hydrogens (tertiary/aromatic N) is 2. The zero-order valence-electron chi connectivity index (χ0n) is 16.6. The summed E-state index contributed by atoms with van der Waals surface area (Å²) in [7, 11) is 3.84. The Morgan fingerprint density at radius 3 is 2.22 bits per heavy atom. The summed E-state index contributed by atoms with van der Waals surface area (Å²) in [4.78, 5) is 6.32. The number of guanidine groups is 1. The van der Waals surface area contributed by atoms with Gasteiger partial charge < -0.3 is 16.0 Å². The van der Waals surface area contributed by atoms with E-state index in [4.69, 9.17) is 5.73 Å². The number of para-hydroxylation sites is 1. The van der Waals surface area contributed by atoms with Crippen molar-refractivity contribution in [2.24, 2.45) is 10.7 Å². The van der Waals surface area contributed by atoms with Crippen LogP contribution in [0, 0.1) is 5.82 Å². The molecule has 0 amide bonds. The minimum absolute atomic E-state index is 0. The Balaban J connectivity index is 0.00000364. The summed E-state index contributed by atoms with van der Waals surface area (Å²) in [5.74, 6) is 0.140. The Morgan fingerprint density at radius 1 is 1.07 bits per heavy atom. The van der Waals surface area contributed by atoms with Gasteiger partial charge in [0.05, 0.1) is 6.54 Å². The molecule has 0 fully saturated rings. The van der Waals surface area contributed by atoms with Crippen LogP contribution in [0.25, 0.3) is 0 Å². The fraction of sp³-hybridized carbons (Fsp3) is 0.381. The second kappa shape index (κ2) is 11.2. The van der Waals surface area contributed by atoms with E-state index in [1.165, 1.54) is 17.2 Å². The van der Waals surface area contributed by atoms with E-state index in [0.29, 0.717) is 24.6 Å². The third-order valence-corrected chi connectivity index (χ3v) is 4.29. The SMILES string of the molecule is CCc1cccc(CC)c1NC(N)=NCc1ccc(CN(C)C)c(F)c1.I. The number of halogens is 2. The third-order valence-electron chi connectivity index (χ3n) is 4.29. The van der Waals surface area contributed by atoms with Gasteiger partial charge in [0.2, 0.25) is 0 Å². The van der Waals surface area contributed by atoms with Gasteiger partial charge in [0.25, 0.3) is 0 Å². The van der Waals surface area contributed by atoms with Gasteiger partial charge in [-0.1, -0.05) is 44.2 Å². The van der Waals surface area contributed by atoms with Crippen molar-refractivity contribution in [1.82, 2.24) is 4.90 Å². The summed E-state index contributed by atoms with van der Waals surface area (Å²) in [6, 6.07) is 11.5. The zero-order chi connectivity index (χ0) is 19.1. The Labute approximate surface area is 179 Å². The van der Waals surface area contributed by atoms with Crippen LogP contribution in [0.2, 0.25) is 0 Å². The molecule has 0 aliphatic carbocycles. The number of hydrogen-bond donors (Lipinski definition) is 2. The highest BCUT2D eigenvalue weighted by Gasteiger charge is 2.08. The lowest BCUT2D eigenvalue weighted by Gasteiger charge is -2.15. The van der Waals surface area contributed by atoms with Crippen LogP contribution >= 0.6 is 24.0 Å². The molecule has 148 valence electrons. The molecule has 0 bridgehead atoms. The molecule has 0 aliphatic rings. The van der Waals surface area contributed by atoms with Crippen molar-refractivity contribution in [2.45, 2.75) is 39.8 Å². The molecule has 0 heterocycles. The minimum atomic E-state index is -0.206. The molecule has 0 radical (unpaired) electrons. The number of aryl methyl sites for hydroxylation is 2. The maximum atomic E-state index is 14.2. The van der Waals surface area contributed by atoms with Gasteiger partial charge in [-0.2, -0.15) is 0 Å². The van der Waals surface area contributed by atoms with Crippen molar-refractivity contribution in [3.8, 4) is 0 Å². The van der Waals surface area contributed by atoms with Gasteiger partial charge in [0.1, 0.15) is 5.82 Å². The van der Waals surface area contributed by atoms with E-state index in [2.05, 4.69) is 42.4 Å². The first-order chi connectivity index (χ1) is 12.4. The number of aliphatic imine (C=N–C) groups is 1. The smallest absolute Gasteiger partial charge is 0.193 e. The van der Waals surface area contributed by atoms with Crippen LogP contribution in [0.4, 0.5) is 10.1 Å². The molecule has 0 spiro atoms. The zero-order valence-corrected chi connectivity index (χ0v) is 18.9. The van der Waals surface area contributed by atoms with Gasteiger partial charge in [0, 0.05) is 17.8 Å². The highest BCUT2D eigenvalue weighted by molar-refractivity contribution is 14.0. The second-order valence-electron chi connectivity index (χ2n) is 6.65. The van der Waals surface area contributed by atoms with Crippen molar-refractivity contribution in [3.05, 3.63) is 64.5 Å². The largest absolute Gasteiger partial charge is 0.370 e. The molecule has 4 nitrogen and oxygen atoms in total. The molecule has 6 heteroatoms. The average molecular weight is 484 g/mol. The van der Waals surface area contributed by atoms with E-state index in [0.717, 1.165) is 24.1 Å². The maximum Gasteiger partial charge on any atom is 0.193 e. The lowest BCUT2D eigenvalue weighted by molar-refractivity contribution is 0.392.